The van der Waals surface area contributed by atoms with Gasteiger partial charge in [0.2, 0.25) is 0 Å². The Bertz CT molecular complexity index is 993. The summed E-state index contributed by atoms with van der Waals surface area (Å²) >= 11 is 0. The molecule has 2 N–H and O–H groups in total. The van der Waals surface area contributed by atoms with Gasteiger partial charge in [-0.2, -0.15) is 0 Å². The van der Waals surface area contributed by atoms with Crippen LogP contribution in [0.15, 0.2) is 53.2 Å². The van der Waals surface area contributed by atoms with Crippen LogP contribution in [0.2, 0.25) is 0 Å². The Balaban J connectivity index is 1.75. The fourth-order valence-corrected chi connectivity index (χ4v) is 2.41. The van der Waals surface area contributed by atoms with E-state index >= 15 is 0 Å². The molecule has 24 heavy (non-hydrogen) atoms. The third-order valence-corrected chi connectivity index (χ3v) is 3.55. The molecular weight excluding hydrogens is 313 g/mol. The third kappa shape index (κ3) is 2.43. The van der Waals surface area contributed by atoms with Crippen molar-refractivity contribution in [3.63, 3.8) is 0 Å². The van der Waals surface area contributed by atoms with Gasteiger partial charge >= 0.3 is 0 Å². The molecule has 2 aromatic heterocycles. The maximum atomic E-state index is 13.0. The molecule has 0 aliphatic heterocycles. The van der Waals surface area contributed by atoms with Crippen molar-refractivity contribution >= 4 is 16.9 Å². The predicted octanol–water partition coefficient (Wildman–Crippen LogP) is 2.84. The predicted molar refractivity (Wildman–Crippen MR) is 84.5 cm³/mol. The van der Waals surface area contributed by atoms with Gasteiger partial charge in [0.25, 0.3) is 0 Å². The number of anilines is 1. The smallest absolute Gasteiger partial charge is 0.199 e. The molecule has 2 aromatic carbocycles. The molecule has 0 aliphatic carbocycles. The summed E-state index contributed by atoms with van der Waals surface area (Å²) in [7, 11) is 0. The molecule has 7 nitrogen and oxygen atoms in total. The maximum absolute atomic E-state index is 13.0. The van der Waals surface area contributed by atoms with Gasteiger partial charge in [0.05, 0.1) is 11.0 Å². The third-order valence-electron chi connectivity index (χ3n) is 3.55. The lowest BCUT2D eigenvalue weighted by Crippen LogP contribution is -2.07. The maximum Gasteiger partial charge on any atom is 0.199 e. The van der Waals surface area contributed by atoms with Crippen LogP contribution in [0.3, 0.4) is 0 Å². The van der Waals surface area contributed by atoms with Crippen LogP contribution in [-0.4, -0.2) is 19.9 Å². The van der Waals surface area contributed by atoms with E-state index in [1.807, 2.05) is 24.3 Å². The second kappa shape index (κ2) is 5.65. The van der Waals surface area contributed by atoms with Crippen LogP contribution in [0.25, 0.3) is 22.6 Å². The molecule has 0 spiro atoms. The van der Waals surface area contributed by atoms with Crippen molar-refractivity contribution in [2.75, 3.05) is 5.73 Å². The van der Waals surface area contributed by atoms with Gasteiger partial charge in [0.15, 0.2) is 24.1 Å². The first-order valence-corrected chi connectivity index (χ1v) is 7.14. The number of nitrogens with zero attached hydrogens (tertiary/aromatic N) is 4. The summed E-state index contributed by atoms with van der Waals surface area (Å²) in [5, 5.41) is 7.40. The first-order chi connectivity index (χ1) is 11.7. The monoisotopic (exact) mass is 325 g/mol. The van der Waals surface area contributed by atoms with Crippen molar-refractivity contribution in [2.45, 2.75) is 6.73 Å². The van der Waals surface area contributed by atoms with Crippen LogP contribution in [0.4, 0.5) is 10.2 Å². The molecule has 0 bridgehead atoms. The van der Waals surface area contributed by atoms with Gasteiger partial charge in [-0.25, -0.2) is 14.0 Å². The summed E-state index contributed by atoms with van der Waals surface area (Å²) in [6, 6.07) is 13.3. The molecular formula is C16H12FN5O2. The molecule has 4 rings (SSSR count). The second-order valence-electron chi connectivity index (χ2n) is 5.08. The van der Waals surface area contributed by atoms with Gasteiger partial charge in [0, 0.05) is 0 Å². The van der Waals surface area contributed by atoms with Gasteiger partial charge in [-0.1, -0.05) is 12.1 Å². The van der Waals surface area contributed by atoms with Crippen LogP contribution in [-0.2, 0) is 6.73 Å². The number of halogens is 1. The van der Waals surface area contributed by atoms with E-state index in [2.05, 4.69) is 19.9 Å². The number of aromatic nitrogens is 4. The van der Waals surface area contributed by atoms with E-state index in [-0.39, 0.29) is 18.4 Å². The van der Waals surface area contributed by atoms with E-state index in [0.29, 0.717) is 17.3 Å². The zero-order valence-corrected chi connectivity index (χ0v) is 12.4. The Morgan fingerprint density at radius 2 is 1.88 bits per heavy atom. The van der Waals surface area contributed by atoms with Crippen LogP contribution in [0.1, 0.15) is 0 Å². The number of para-hydroxylation sites is 2. The highest BCUT2D eigenvalue weighted by Crippen LogP contribution is 2.26. The fraction of sp³-hybridized carbons (Fsp3) is 0.0625. The zero-order chi connectivity index (χ0) is 16.5. The molecule has 8 heteroatoms. The minimum Gasteiger partial charge on any atom is -0.473 e. The van der Waals surface area contributed by atoms with E-state index in [4.69, 9.17) is 10.5 Å². The Labute approximate surface area is 135 Å². The average molecular weight is 325 g/mol. The first kappa shape index (κ1) is 14.2. The molecule has 0 fully saturated rings. The van der Waals surface area contributed by atoms with Crippen LogP contribution in [0.5, 0.6) is 5.75 Å². The Kier molecular flexibility index (Phi) is 3.34. The number of nitrogen functional groups attached to an aromatic ring is 1. The lowest BCUT2D eigenvalue weighted by atomic mass is 10.3. The van der Waals surface area contributed by atoms with E-state index in [1.54, 1.807) is 16.7 Å². The van der Waals surface area contributed by atoms with Gasteiger partial charge in [-0.15, -0.1) is 0 Å². The quantitative estimate of drug-likeness (QED) is 0.620. The van der Waals surface area contributed by atoms with E-state index < -0.39 is 0 Å². The summed E-state index contributed by atoms with van der Waals surface area (Å²) in [5.74, 6) is 0.842. The Morgan fingerprint density at radius 3 is 2.62 bits per heavy atom. The van der Waals surface area contributed by atoms with Gasteiger partial charge in [-0.3, -0.25) is 4.57 Å². The number of hydrogen-bond donors (Lipinski definition) is 1. The first-order valence-electron chi connectivity index (χ1n) is 7.14. The number of fused-ring (bicyclic) bond motifs is 1. The second-order valence-corrected chi connectivity index (χ2v) is 5.08. The van der Waals surface area contributed by atoms with Gasteiger partial charge in [0.1, 0.15) is 11.6 Å². The van der Waals surface area contributed by atoms with Crippen molar-refractivity contribution in [1.29, 1.82) is 0 Å². The summed E-state index contributed by atoms with van der Waals surface area (Å²) in [6.45, 7) is 0.147. The number of imidazole rings is 1. The highest BCUT2D eigenvalue weighted by atomic mass is 19.1. The van der Waals surface area contributed by atoms with Crippen LogP contribution >= 0.6 is 0 Å². The minimum absolute atomic E-state index is 0.147. The van der Waals surface area contributed by atoms with Gasteiger partial charge in [-0.05, 0) is 46.7 Å². The molecule has 0 unspecified atom stereocenters. The average Bonchev–Trinajstić information content (AvgIpc) is 3.17. The molecule has 0 aliphatic rings. The van der Waals surface area contributed by atoms with E-state index in [1.165, 1.54) is 12.1 Å². The highest BCUT2D eigenvalue weighted by Gasteiger charge is 2.19. The molecule has 2 heterocycles. The molecule has 120 valence electrons. The summed E-state index contributed by atoms with van der Waals surface area (Å²) in [6.07, 6.45) is 0. The molecule has 0 amide bonds. The van der Waals surface area contributed by atoms with Crippen LogP contribution < -0.4 is 10.5 Å². The van der Waals surface area contributed by atoms with Crippen molar-refractivity contribution in [3.05, 3.63) is 54.3 Å². The number of nitrogens with two attached hydrogens (primary N) is 1. The lowest BCUT2D eigenvalue weighted by Gasteiger charge is -2.10. The summed E-state index contributed by atoms with van der Waals surface area (Å²) in [4.78, 5) is 4.52. The Hall–Kier alpha value is -3.42. The van der Waals surface area contributed by atoms with Gasteiger partial charge < -0.3 is 10.5 Å². The number of rotatable bonds is 4. The molecule has 0 saturated carbocycles. The largest absolute Gasteiger partial charge is 0.473 e. The topological polar surface area (TPSA) is 92.0 Å². The van der Waals surface area contributed by atoms with Crippen molar-refractivity contribution in [2.24, 2.45) is 0 Å². The Morgan fingerprint density at radius 1 is 1.08 bits per heavy atom. The highest BCUT2D eigenvalue weighted by molar-refractivity contribution is 5.81. The van der Waals surface area contributed by atoms with Crippen molar-refractivity contribution < 1.29 is 13.8 Å². The molecule has 0 atom stereocenters. The normalized spacial score (nSPS) is 11.0. The zero-order valence-electron chi connectivity index (χ0n) is 12.4. The van der Waals surface area contributed by atoms with E-state index in [9.17, 15) is 4.39 Å². The SMILES string of the molecule is Nc1nonc1-c1nc2ccccc2n1COc1ccc(F)cc1. The number of hydrogen-bond acceptors (Lipinski definition) is 6. The molecule has 4 aromatic rings. The number of benzene rings is 2. The van der Waals surface area contributed by atoms with Crippen LogP contribution in [0, 0.1) is 5.82 Å². The summed E-state index contributed by atoms with van der Waals surface area (Å²) < 4.78 is 25.2. The minimum atomic E-state index is -0.322. The fourth-order valence-electron chi connectivity index (χ4n) is 2.41. The molecule has 0 radical (unpaired) electrons. The molecule has 0 saturated heterocycles. The lowest BCUT2D eigenvalue weighted by molar-refractivity contribution is 0.242. The standard InChI is InChI=1S/C16H12FN5O2/c17-10-5-7-11(8-6-10)23-9-22-13-4-2-1-3-12(13)19-16(22)14-15(18)21-24-20-14/h1-8H,9H2,(H2,18,21). The van der Waals surface area contributed by atoms with Crippen molar-refractivity contribution in [1.82, 2.24) is 19.9 Å². The van der Waals surface area contributed by atoms with E-state index in [0.717, 1.165) is 11.0 Å². The van der Waals surface area contributed by atoms with Crippen molar-refractivity contribution in [3.8, 4) is 17.3 Å². The number of ether oxygens (including phenoxy) is 1. The summed E-state index contributed by atoms with van der Waals surface area (Å²) in [5.41, 5.74) is 7.73.